The fraction of sp³-hybridized carbons (Fsp3) is 0.400. The summed E-state index contributed by atoms with van der Waals surface area (Å²) in [5.41, 5.74) is 1.43. The Balaban J connectivity index is 2.33. The third kappa shape index (κ3) is 1.53. The van der Waals surface area contributed by atoms with Crippen molar-refractivity contribution in [1.29, 1.82) is 5.26 Å². The third-order valence-corrected chi connectivity index (χ3v) is 2.19. The molecule has 2 heterocycles. The van der Waals surface area contributed by atoms with Crippen LogP contribution < -0.4 is 0 Å². The molecule has 0 saturated carbocycles. The zero-order chi connectivity index (χ0) is 9.10. The van der Waals surface area contributed by atoms with Gasteiger partial charge in [-0.05, 0) is 25.0 Å². The van der Waals surface area contributed by atoms with Gasteiger partial charge in [-0.1, -0.05) is 0 Å². The summed E-state index contributed by atoms with van der Waals surface area (Å²) in [5.74, 6) is 0. The highest BCUT2D eigenvalue weighted by Crippen LogP contribution is 2.28. The van der Waals surface area contributed by atoms with Crippen LogP contribution in [0.3, 0.4) is 0 Å². The first-order valence-electron chi connectivity index (χ1n) is 4.38. The smallest absolute Gasteiger partial charge is 0.101 e. The van der Waals surface area contributed by atoms with Crippen molar-refractivity contribution < 1.29 is 4.74 Å². The van der Waals surface area contributed by atoms with E-state index in [-0.39, 0.29) is 6.10 Å². The quantitative estimate of drug-likeness (QED) is 0.652. The van der Waals surface area contributed by atoms with Crippen LogP contribution in [0.1, 0.15) is 30.2 Å². The maximum atomic E-state index is 8.83. The molecule has 2 rings (SSSR count). The van der Waals surface area contributed by atoms with Crippen LogP contribution in [0.2, 0.25) is 0 Å². The molecule has 1 aliphatic heterocycles. The predicted octanol–water partition coefficient (Wildman–Crippen LogP) is 1.80. The van der Waals surface area contributed by atoms with E-state index >= 15 is 0 Å². The normalized spacial score (nSPS) is 21.3. The first kappa shape index (κ1) is 8.21. The van der Waals surface area contributed by atoms with E-state index in [1.165, 1.54) is 0 Å². The maximum Gasteiger partial charge on any atom is 0.101 e. The molecule has 1 unspecified atom stereocenters. The molecule has 0 bridgehead atoms. The van der Waals surface area contributed by atoms with Gasteiger partial charge in [-0.15, -0.1) is 0 Å². The highest BCUT2D eigenvalue weighted by atomic mass is 16.5. The number of hydrogen-bond acceptors (Lipinski definition) is 3. The Labute approximate surface area is 77.0 Å². The summed E-state index contributed by atoms with van der Waals surface area (Å²) < 4.78 is 5.47. The molecule has 13 heavy (non-hydrogen) atoms. The van der Waals surface area contributed by atoms with Crippen LogP contribution >= 0.6 is 0 Å². The van der Waals surface area contributed by atoms with Gasteiger partial charge in [0, 0.05) is 12.8 Å². The molecule has 0 radical (unpaired) electrons. The van der Waals surface area contributed by atoms with Crippen LogP contribution in [-0.2, 0) is 4.74 Å². The summed E-state index contributed by atoms with van der Waals surface area (Å²) in [6.45, 7) is 0.784. The molecule has 1 atom stereocenters. The number of ether oxygens (including phenoxy) is 1. The van der Waals surface area contributed by atoms with E-state index in [2.05, 4.69) is 11.1 Å². The summed E-state index contributed by atoms with van der Waals surface area (Å²) in [4.78, 5) is 4.18. The summed E-state index contributed by atoms with van der Waals surface area (Å²) >= 11 is 0. The number of hydrogen-bond donors (Lipinski definition) is 0. The van der Waals surface area contributed by atoms with Gasteiger partial charge < -0.3 is 4.74 Å². The van der Waals surface area contributed by atoms with Crippen LogP contribution in [0.15, 0.2) is 18.3 Å². The molecule has 0 spiro atoms. The zero-order valence-electron chi connectivity index (χ0n) is 7.23. The van der Waals surface area contributed by atoms with Crippen molar-refractivity contribution in [2.45, 2.75) is 18.9 Å². The highest BCUT2D eigenvalue weighted by Gasteiger charge is 2.21. The van der Waals surface area contributed by atoms with Gasteiger partial charge in [0.25, 0.3) is 0 Å². The van der Waals surface area contributed by atoms with Gasteiger partial charge in [-0.25, -0.2) is 0 Å². The fourth-order valence-electron chi connectivity index (χ4n) is 1.56. The topological polar surface area (TPSA) is 45.9 Å². The average Bonchev–Trinajstić information content (AvgIpc) is 2.70. The van der Waals surface area contributed by atoms with Gasteiger partial charge in [0.1, 0.15) is 12.2 Å². The summed E-state index contributed by atoms with van der Waals surface area (Å²) in [7, 11) is 0. The third-order valence-electron chi connectivity index (χ3n) is 2.19. The minimum Gasteiger partial charge on any atom is -0.372 e. The predicted molar refractivity (Wildman–Crippen MR) is 46.9 cm³/mol. The molecule has 1 aromatic rings. The molecule has 0 N–H and O–H groups in total. The lowest BCUT2D eigenvalue weighted by Crippen LogP contribution is -2.01. The Morgan fingerprint density at radius 1 is 1.62 bits per heavy atom. The molecular formula is C10H10N2O. The van der Waals surface area contributed by atoms with Crippen molar-refractivity contribution in [2.24, 2.45) is 0 Å². The maximum absolute atomic E-state index is 8.83. The van der Waals surface area contributed by atoms with Crippen LogP contribution in [0, 0.1) is 11.3 Å². The fourth-order valence-corrected chi connectivity index (χ4v) is 1.56. The van der Waals surface area contributed by atoms with Crippen molar-refractivity contribution in [3.63, 3.8) is 0 Å². The second kappa shape index (κ2) is 3.55. The molecule has 0 amide bonds. The van der Waals surface area contributed by atoms with Gasteiger partial charge in [-0.3, -0.25) is 4.98 Å². The van der Waals surface area contributed by atoms with Crippen molar-refractivity contribution in [3.8, 4) is 6.07 Å². The monoisotopic (exact) mass is 174 g/mol. The molecular weight excluding hydrogens is 164 g/mol. The average molecular weight is 174 g/mol. The molecule has 0 aromatic carbocycles. The highest BCUT2D eigenvalue weighted by molar-refractivity contribution is 5.34. The lowest BCUT2D eigenvalue weighted by atomic mass is 10.1. The van der Waals surface area contributed by atoms with Gasteiger partial charge in [-0.2, -0.15) is 5.26 Å². The molecule has 1 aromatic heterocycles. The molecule has 1 fully saturated rings. The Morgan fingerprint density at radius 2 is 2.54 bits per heavy atom. The molecule has 3 nitrogen and oxygen atoms in total. The van der Waals surface area contributed by atoms with Crippen LogP contribution in [0.4, 0.5) is 0 Å². The summed E-state index contributed by atoms with van der Waals surface area (Å²) in [6, 6.07) is 5.69. The van der Waals surface area contributed by atoms with E-state index in [9.17, 15) is 0 Å². The zero-order valence-corrected chi connectivity index (χ0v) is 7.23. The van der Waals surface area contributed by atoms with Gasteiger partial charge in [0.05, 0.1) is 11.3 Å². The Bertz CT molecular complexity index is 337. The lowest BCUT2D eigenvalue weighted by molar-refractivity contribution is 0.108. The number of aromatic nitrogens is 1. The van der Waals surface area contributed by atoms with Crippen molar-refractivity contribution in [1.82, 2.24) is 4.98 Å². The van der Waals surface area contributed by atoms with E-state index in [1.54, 1.807) is 18.3 Å². The summed E-state index contributed by atoms with van der Waals surface area (Å²) in [5, 5.41) is 8.83. The largest absolute Gasteiger partial charge is 0.372 e. The Hall–Kier alpha value is -1.40. The van der Waals surface area contributed by atoms with Gasteiger partial charge in [0.15, 0.2) is 0 Å². The van der Waals surface area contributed by atoms with E-state index in [4.69, 9.17) is 10.00 Å². The molecule has 66 valence electrons. The standard InChI is InChI=1S/C10H10N2O/c11-7-8-3-1-5-12-10(8)9-4-2-6-13-9/h1,3,5,9H,2,4,6H2. The van der Waals surface area contributed by atoms with Crippen LogP contribution in [-0.4, -0.2) is 11.6 Å². The second-order valence-electron chi connectivity index (χ2n) is 3.05. The lowest BCUT2D eigenvalue weighted by Gasteiger charge is -2.08. The van der Waals surface area contributed by atoms with E-state index < -0.39 is 0 Å². The van der Waals surface area contributed by atoms with Crippen molar-refractivity contribution in [3.05, 3.63) is 29.6 Å². The van der Waals surface area contributed by atoms with Gasteiger partial charge >= 0.3 is 0 Å². The molecule has 0 aliphatic carbocycles. The Kier molecular flexibility index (Phi) is 2.24. The van der Waals surface area contributed by atoms with Crippen LogP contribution in [0.5, 0.6) is 0 Å². The number of rotatable bonds is 1. The summed E-state index contributed by atoms with van der Waals surface area (Å²) in [6.07, 6.45) is 3.78. The number of nitrogens with zero attached hydrogens (tertiary/aromatic N) is 2. The number of nitriles is 1. The van der Waals surface area contributed by atoms with Gasteiger partial charge in [0.2, 0.25) is 0 Å². The Morgan fingerprint density at radius 3 is 3.23 bits per heavy atom. The minimum atomic E-state index is 0.0378. The SMILES string of the molecule is N#Cc1cccnc1C1CCCO1. The minimum absolute atomic E-state index is 0.0378. The van der Waals surface area contributed by atoms with E-state index in [0.717, 1.165) is 25.1 Å². The number of pyridine rings is 1. The van der Waals surface area contributed by atoms with E-state index in [1.807, 2.05) is 0 Å². The first-order valence-corrected chi connectivity index (χ1v) is 4.38. The van der Waals surface area contributed by atoms with E-state index in [0.29, 0.717) is 5.56 Å². The van der Waals surface area contributed by atoms with Crippen LogP contribution in [0.25, 0.3) is 0 Å². The molecule has 3 heteroatoms. The van der Waals surface area contributed by atoms with Crippen molar-refractivity contribution >= 4 is 0 Å². The molecule has 1 aliphatic rings. The molecule has 1 saturated heterocycles. The van der Waals surface area contributed by atoms with Crippen molar-refractivity contribution in [2.75, 3.05) is 6.61 Å². The first-order chi connectivity index (χ1) is 6.42. The second-order valence-corrected chi connectivity index (χ2v) is 3.05.